The molecule has 0 radical (unpaired) electrons. The third-order valence-corrected chi connectivity index (χ3v) is 6.02. The van der Waals surface area contributed by atoms with E-state index in [1.54, 1.807) is 4.90 Å². The molecule has 0 saturated carbocycles. The van der Waals surface area contributed by atoms with Crippen molar-refractivity contribution in [1.82, 2.24) is 20.1 Å². The molecule has 0 aliphatic carbocycles. The van der Waals surface area contributed by atoms with Crippen molar-refractivity contribution in [2.24, 2.45) is 0 Å². The molecule has 0 bridgehead atoms. The van der Waals surface area contributed by atoms with E-state index < -0.39 is 11.6 Å². The normalized spacial score (nSPS) is 16.5. The zero-order valence-corrected chi connectivity index (χ0v) is 18.0. The van der Waals surface area contributed by atoms with Gasteiger partial charge in [-0.15, -0.1) is 11.3 Å². The number of amides is 1. The van der Waals surface area contributed by atoms with E-state index in [2.05, 4.69) is 15.2 Å². The molecule has 1 aromatic carbocycles. The number of nitrogens with zero attached hydrogens (tertiary/aromatic N) is 3. The standard InChI is InChI=1S/C21H22F2N4O3S/c1-12-20(31-13(2)24-12)21(28)27-6-8-30-19(11-27)18-9-14(25-26-18)5-7-29-15-3-4-16(22)17(23)10-15/h3-4,9-10,19H,5-8,11H2,1-2H3,(H,25,26)/t19-/m0/s1. The molecule has 1 saturated heterocycles. The lowest BCUT2D eigenvalue weighted by atomic mass is 10.1. The van der Waals surface area contributed by atoms with Crippen LogP contribution in [0.15, 0.2) is 24.3 Å². The number of carbonyl (C=O) groups excluding carboxylic acids is 1. The monoisotopic (exact) mass is 448 g/mol. The summed E-state index contributed by atoms with van der Waals surface area (Å²) in [5.74, 6) is -1.63. The maximum atomic E-state index is 13.2. The number of nitrogens with one attached hydrogen (secondary N) is 1. The lowest BCUT2D eigenvalue weighted by molar-refractivity contribution is -0.0246. The quantitative estimate of drug-likeness (QED) is 0.623. The van der Waals surface area contributed by atoms with Gasteiger partial charge >= 0.3 is 0 Å². The Balaban J connectivity index is 1.34. The number of aryl methyl sites for hydroxylation is 2. The van der Waals surface area contributed by atoms with E-state index in [1.165, 1.54) is 17.4 Å². The molecule has 1 fully saturated rings. The van der Waals surface area contributed by atoms with Crippen molar-refractivity contribution in [3.05, 3.63) is 62.9 Å². The summed E-state index contributed by atoms with van der Waals surface area (Å²) in [5, 5.41) is 8.13. The second-order valence-electron chi connectivity index (χ2n) is 7.25. The van der Waals surface area contributed by atoms with Crippen LogP contribution in [0, 0.1) is 25.5 Å². The van der Waals surface area contributed by atoms with Crippen molar-refractivity contribution in [3.63, 3.8) is 0 Å². The van der Waals surface area contributed by atoms with Gasteiger partial charge in [0.25, 0.3) is 5.91 Å². The Morgan fingerprint density at radius 1 is 1.32 bits per heavy atom. The van der Waals surface area contributed by atoms with Crippen LogP contribution in [0.4, 0.5) is 8.78 Å². The van der Waals surface area contributed by atoms with Gasteiger partial charge in [0.1, 0.15) is 16.7 Å². The highest BCUT2D eigenvalue weighted by Crippen LogP contribution is 2.25. The van der Waals surface area contributed by atoms with Gasteiger partial charge in [-0.3, -0.25) is 9.89 Å². The highest BCUT2D eigenvalue weighted by molar-refractivity contribution is 7.13. The maximum absolute atomic E-state index is 13.2. The third-order valence-electron chi connectivity index (χ3n) is 4.96. The lowest BCUT2D eigenvalue weighted by Gasteiger charge is -2.32. The fraction of sp³-hybridized carbons (Fsp3) is 0.381. The number of ether oxygens (including phenoxy) is 2. The van der Waals surface area contributed by atoms with Crippen LogP contribution in [-0.2, 0) is 11.2 Å². The molecule has 4 rings (SSSR count). The van der Waals surface area contributed by atoms with Gasteiger partial charge in [-0.05, 0) is 32.0 Å². The molecule has 164 valence electrons. The SMILES string of the molecule is Cc1nc(C)c(C(=O)N2CCO[C@H](c3cc(CCOc4ccc(F)c(F)c4)[nH]n3)C2)s1. The zero-order valence-electron chi connectivity index (χ0n) is 17.2. The Kier molecular flexibility index (Phi) is 6.28. The van der Waals surface area contributed by atoms with Gasteiger partial charge in [-0.2, -0.15) is 5.10 Å². The minimum Gasteiger partial charge on any atom is -0.493 e. The first-order chi connectivity index (χ1) is 14.9. The molecule has 10 heteroatoms. The summed E-state index contributed by atoms with van der Waals surface area (Å²) < 4.78 is 37.5. The van der Waals surface area contributed by atoms with E-state index in [4.69, 9.17) is 9.47 Å². The minimum absolute atomic E-state index is 0.0351. The largest absolute Gasteiger partial charge is 0.493 e. The van der Waals surface area contributed by atoms with Crippen molar-refractivity contribution >= 4 is 17.2 Å². The molecule has 1 atom stereocenters. The second-order valence-corrected chi connectivity index (χ2v) is 8.45. The number of hydrogen-bond acceptors (Lipinski definition) is 6. The van der Waals surface area contributed by atoms with E-state index in [9.17, 15) is 13.6 Å². The molecular formula is C21H22F2N4O3S. The van der Waals surface area contributed by atoms with Gasteiger partial charge in [0.2, 0.25) is 0 Å². The van der Waals surface area contributed by atoms with E-state index in [-0.39, 0.29) is 24.4 Å². The Labute approximate surface area is 182 Å². The number of hydrogen-bond donors (Lipinski definition) is 1. The molecule has 0 unspecified atom stereocenters. The highest BCUT2D eigenvalue weighted by Gasteiger charge is 2.29. The number of morpholine rings is 1. The first kappa shape index (κ1) is 21.4. The van der Waals surface area contributed by atoms with Gasteiger partial charge < -0.3 is 14.4 Å². The highest BCUT2D eigenvalue weighted by atomic mass is 32.1. The van der Waals surface area contributed by atoms with E-state index in [0.717, 1.165) is 28.5 Å². The van der Waals surface area contributed by atoms with Crippen LogP contribution in [-0.4, -0.2) is 52.3 Å². The molecule has 0 spiro atoms. The number of H-pyrrole nitrogens is 1. The number of aromatic nitrogens is 3. The van der Waals surface area contributed by atoms with Crippen LogP contribution in [0.2, 0.25) is 0 Å². The number of thiazole rings is 1. The van der Waals surface area contributed by atoms with Crippen LogP contribution in [0.25, 0.3) is 0 Å². The topological polar surface area (TPSA) is 80.3 Å². The van der Waals surface area contributed by atoms with Crippen molar-refractivity contribution in [2.75, 3.05) is 26.3 Å². The predicted molar refractivity (Wildman–Crippen MR) is 110 cm³/mol. The molecule has 3 heterocycles. The molecular weight excluding hydrogens is 426 g/mol. The fourth-order valence-electron chi connectivity index (χ4n) is 3.40. The summed E-state index contributed by atoms with van der Waals surface area (Å²) >= 11 is 1.40. The summed E-state index contributed by atoms with van der Waals surface area (Å²) in [5.41, 5.74) is 2.27. The summed E-state index contributed by atoms with van der Waals surface area (Å²) in [6, 6.07) is 5.29. The molecule has 1 amide bonds. The van der Waals surface area contributed by atoms with Crippen LogP contribution in [0.5, 0.6) is 5.75 Å². The molecule has 3 aromatic rings. The van der Waals surface area contributed by atoms with E-state index in [0.29, 0.717) is 36.7 Å². The van der Waals surface area contributed by atoms with Gasteiger partial charge in [0.05, 0.1) is 36.2 Å². The minimum atomic E-state index is -0.946. The van der Waals surface area contributed by atoms with Gasteiger partial charge in [-0.25, -0.2) is 13.8 Å². The summed E-state index contributed by atoms with van der Waals surface area (Å²) in [4.78, 5) is 19.7. The smallest absolute Gasteiger partial charge is 0.266 e. The maximum Gasteiger partial charge on any atom is 0.266 e. The molecule has 1 N–H and O–H groups in total. The summed E-state index contributed by atoms with van der Waals surface area (Å²) in [7, 11) is 0. The molecule has 2 aromatic heterocycles. The van der Waals surface area contributed by atoms with E-state index >= 15 is 0 Å². The van der Waals surface area contributed by atoms with Crippen LogP contribution >= 0.6 is 11.3 Å². The van der Waals surface area contributed by atoms with E-state index in [1.807, 2.05) is 19.9 Å². The number of halogens is 2. The molecule has 1 aliphatic rings. The molecule has 7 nitrogen and oxygen atoms in total. The Hall–Kier alpha value is -2.85. The average molecular weight is 448 g/mol. The van der Waals surface area contributed by atoms with Gasteiger partial charge in [0.15, 0.2) is 11.6 Å². The van der Waals surface area contributed by atoms with Crippen molar-refractivity contribution in [2.45, 2.75) is 26.4 Å². The van der Waals surface area contributed by atoms with Gasteiger partial charge in [-0.1, -0.05) is 0 Å². The van der Waals surface area contributed by atoms with Crippen LogP contribution < -0.4 is 4.74 Å². The molecule has 1 aliphatic heterocycles. The fourth-order valence-corrected chi connectivity index (χ4v) is 4.29. The van der Waals surface area contributed by atoms with Crippen LogP contribution in [0.3, 0.4) is 0 Å². The molecule has 31 heavy (non-hydrogen) atoms. The van der Waals surface area contributed by atoms with Crippen molar-refractivity contribution in [1.29, 1.82) is 0 Å². The number of benzene rings is 1. The summed E-state index contributed by atoms with van der Waals surface area (Å²) in [6.07, 6.45) is 0.171. The first-order valence-corrected chi connectivity index (χ1v) is 10.7. The Morgan fingerprint density at radius 3 is 2.90 bits per heavy atom. The lowest BCUT2D eigenvalue weighted by Crippen LogP contribution is -2.42. The average Bonchev–Trinajstić information content (AvgIpc) is 3.36. The van der Waals surface area contributed by atoms with Gasteiger partial charge in [0, 0.05) is 24.7 Å². The van der Waals surface area contributed by atoms with Crippen molar-refractivity contribution in [3.8, 4) is 5.75 Å². The first-order valence-electron chi connectivity index (χ1n) is 9.87. The second kappa shape index (κ2) is 9.11. The predicted octanol–water partition coefficient (Wildman–Crippen LogP) is 3.60. The number of aromatic amines is 1. The zero-order chi connectivity index (χ0) is 22.0. The van der Waals surface area contributed by atoms with Crippen LogP contribution in [0.1, 0.15) is 37.9 Å². The Morgan fingerprint density at radius 2 is 2.16 bits per heavy atom. The number of carbonyl (C=O) groups is 1. The number of rotatable bonds is 6. The third kappa shape index (κ3) is 4.91. The summed E-state index contributed by atoms with van der Waals surface area (Å²) in [6.45, 7) is 5.35. The van der Waals surface area contributed by atoms with Crippen molar-refractivity contribution < 1.29 is 23.0 Å². The Bertz CT molecular complexity index is 1080.